The van der Waals surface area contributed by atoms with Crippen LogP contribution >= 0.6 is 11.8 Å². The van der Waals surface area contributed by atoms with Gasteiger partial charge in [0.2, 0.25) is 53.2 Å². The molecule has 1 aliphatic heterocycles. The Morgan fingerprint density at radius 2 is 1.13 bits per heavy atom. The number of carbonyl (C=O) groups excluding carboxylic acids is 10. The number of rotatable bonds is 37. The number of amides is 10. The van der Waals surface area contributed by atoms with Gasteiger partial charge in [-0.05, 0) is 89.2 Å². The number of aliphatic carboxylic acids is 2. The van der Waals surface area contributed by atoms with Gasteiger partial charge in [0, 0.05) is 13.0 Å². The van der Waals surface area contributed by atoms with Gasteiger partial charge in [0.15, 0.2) is 6.04 Å². The van der Waals surface area contributed by atoms with Gasteiger partial charge in [0.05, 0.1) is 19.4 Å². The van der Waals surface area contributed by atoms with Gasteiger partial charge in [-0.3, -0.25) is 58.1 Å². The van der Waals surface area contributed by atoms with Crippen molar-refractivity contribution in [2.75, 3.05) is 31.6 Å². The monoisotopic (exact) mass is 1090 g/mol. The molecule has 30 nitrogen and oxygen atoms in total. The lowest BCUT2D eigenvalue weighted by Crippen LogP contribution is -2.73. The summed E-state index contributed by atoms with van der Waals surface area (Å²) in [5.74, 6) is -12.9. The van der Waals surface area contributed by atoms with Crippen molar-refractivity contribution in [1.82, 2.24) is 47.4 Å². The first kappa shape index (κ1) is 66.8. The van der Waals surface area contributed by atoms with Crippen LogP contribution in [0.25, 0.3) is 0 Å². The number of carboxylic acid groups (broad SMARTS) is 2. The van der Waals surface area contributed by atoms with Crippen molar-refractivity contribution in [3.63, 3.8) is 0 Å². The van der Waals surface area contributed by atoms with Crippen LogP contribution in [0.3, 0.4) is 0 Å². The average molecular weight is 1090 g/mol. The lowest BCUT2D eigenvalue weighted by molar-refractivity contribution is -0.421. The first-order valence-corrected chi connectivity index (χ1v) is 26.0. The third-order valence-electron chi connectivity index (χ3n) is 11.9. The quantitative estimate of drug-likeness (QED) is 0.0203. The fourth-order valence-corrected chi connectivity index (χ4v) is 8.09. The number of nitrogens with one attached hydrogen (secondary N) is 8. The van der Waals surface area contributed by atoms with E-state index in [-0.39, 0.29) is 45.2 Å². The minimum absolute atomic E-state index is 0.0272. The van der Waals surface area contributed by atoms with E-state index in [4.69, 9.17) is 22.9 Å². The number of aliphatic hydroxyl groups is 1. The van der Waals surface area contributed by atoms with Crippen LogP contribution in [-0.2, 0) is 57.5 Å². The molecule has 0 unspecified atom stereocenters. The number of nitrogens with two attached hydrogens (primary N) is 4. The topological polar surface area (TPSA) is 524 Å². The average Bonchev–Trinajstić information content (AvgIpc) is 3.82. The first-order valence-electron chi connectivity index (χ1n) is 24.6. The highest BCUT2D eigenvalue weighted by molar-refractivity contribution is 7.98. The Morgan fingerprint density at radius 3 is 1.61 bits per heavy atom. The molecule has 0 spiro atoms. The summed E-state index contributed by atoms with van der Waals surface area (Å²) >= 11 is 1.37. The minimum Gasteiger partial charge on any atom is -0.481 e. The van der Waals surface area contributed by atoms with Gasteiger partial charge in [0.1, 0.15) is 60.7 Å². The minimum atomic E-state index is -1.80. The molecule has 1 fully saturated rings. The van der Waals surface area contributed by atoms with Crippen LogP contribution in [0.2, 0.25) is 0 Å². The van der Waals surface area contributed by atoms with E-state index in [9.17, 15) is 72.9 Å². The molecule has 1 rings (SSSR count). The molecule has 25 N–H and O–H groups in total. The zero-order valence-electron chi connectivity index (χ0n) is 43.1. The third kappa shape index (κ3) is 24.8. The Hall–Kier alpha value is -6.25. The molecule has 0 radical (unpaired) electrons. The maximum atomic E-state index is 14.1. The van der Waals surface area contributed by atoms with Crippen LogP contribution in [-0.4, -0.2) is 190 Å². The van der Waals surface area contributed by atoms with Crippen LogP contribution in [0.4, 0.5) is 0 Å². The number of nitrogens with zero attached hydrogens (tertiary/aromatic N) is 1. The van der Waals surface area contributed by atoms with E-state index in [2.05, 4.69) is 54.0 Å². The number of aliphatic hydroxyl groups excluding tert-OH is 1. The third-order valence-corrected chi connectivity index (χ3v) is 12.5. The number of primary amides is 2. The maximum absolute atomic E-state index is 14.1. The molecule has 10 atom stereocenters. The normalized spacial score (nSPS) is 16.9. The molecule has 0 aromatic carbocycles. The van der Waals surface area contributed by atoms with Gasteiger partial charge < -0.3 is 91.8 Å². The van der Waals surface area contributed by atoms with Gasteiger partial charge in [-0.15, -0.1) is 0 Å². The molecule has 10 amide bonds. The second kappa shape index (κ2) is 34.3. The fraction of sp³-hybridized carbons (Fsp3) is 0.727. The van der Waals surface area contributed by atoms with Gasteiger partial charge in [-0.2, -0.15) is 11.8 Å². The SMILES string of the molecule is CSCC[C@H](NC(=O)[C@@H]1CCCN1C(=O)[C@@H]([NH3+])[C@@H](C)O)C(=O)N[C@H](C(=O)N[C@@H](CC(N)=O)C(=O)N[C@@H](CCCNC(N)N)C(=O)N[C@@H](CCC(=O)O)C(=O)N[C@@H](CC(N)=O)C(=O)N[C@@H](CCCC[NH3+])C(=O)O)C(C)C. The number of unbranched alkanes of at least 4 members (excludes halogenated alkanes) is 1. The van der Waals surface area contributed by atoms with Gasteiger partial charge in [-0.25, -0.2) is 4.79 Å². The number of hydrogen-bond donors (Lipinski definition) is 17. The van der Waals surface area contributed by atoms with Crippen LogP contribution in [0.15, 0.2) is 0 Å². The predicted molar refractivity (Wildman–Crippen MR) is 268 cm³/mol. The molecule has 426 valence electrons. The van der Waals surface area contributed by atoms with E-state index in [1.54, 1.807) is 20.1 Å². The van der Waals surface area contributed by atoms with Gasteiger partial charge in [0.25, 0.3) is 5.91 Å². The second-order valence-corrected chi connectivity index (χ2v) is 19.5. The Bertz CT molecular complexity index is 1980. The summed E-state index contributed by atoms with van der Waals surface area (Å²) in [5.41, 5.74) is 29.4. The Balaban J connectivity index is 3.49. The van der Waals surface area contributed by atoms with Crippen molar-refractivity contribution in [2.24, 2.45) is 28.9 Å². The molecule has 0 aliphatic carbocycles. The van der Waals surface area contributed by atoms with Crippen LogP contribution in [0, 0.1) is 5.92 Å². The number of carboxylic acids is 2. The lowest BCUT2D eigenvalue weighted by Gasteiger charge is -2.30. The maximum Gasteiger partial charge on any atom is 0.326 e. The molecule has 0 aromatic rings. The number of quaternary nitrogens is 2. The Kier molecular flexibility index (Phi) is 30.6. The molecular weight excluding hydrogens is 1010 g/mol. The van der Waals surface area contributed by atoms with Crippen molar-refractivity contribution < 1.29 is 84.3 Å². The summed E-state index contributed by atoms with van der Waals surface area (Å²) in [6.45, 7) is 5.28. The zero-order chi connectivity index (χ0) is 57.1. The van der Waals surface area contributed by atoms with Crippen molar-refractivity contribution in [3.05, 3.63) is 0 Å². The van der Waals surface area contributed by atoms with Gasteiger partial charge >= 0.3 is 11.9 Å². The molecule has 1 saturated heterocycles. The number of likely N-dealkylation sites (tertiary alicyclic amines) is 1. The standard InChI is InChI=1S/C44H79N15O15S/c1-21(2)34(58-37(67)25(14-18-75-4)54-40(70)29-11-8-17-59(29)42(72)33(48)22(3)60)41(71)57-28(20-31(47)62)38(68)52-23(10-7-16-51-44(49)50)35(65)53-24(12-13-32(63)64)36(66)56-27(19-30(46)61)39(69)55-26(43(73)74)9-5-6-15-45/h21-29,33-34,44,51,60H,5-20,45,48-50H2,1-4H3,(H2,46,61)(H2,47,62)(H,52,68)(H,53,65)(H,54,70)(H,55,69)(H,56,66)(H,57,71)(H,58,67)(H,63,64)(H,73,74)/p+2/t22-,23+,24+,25+,26+,27+,28+,29+,33+,34+/m1/s1. The zero-order valence-corrected chi connectivity index (χ0v) is 43.9. The van der Waals surface area contributed by atoms with Crippen molar-refractivity contribution in [2.45, 2.75) is 165 Å². The van der Waals surface area contributed by atoms with Crippen molar-refractivity contribution >= 4 is 82.8 Å². The van der Waals surface area contributed by atoms with Crippen molar-refractivity contribution in [3.8, 4) is 0 Å². The largest absolute Gasteiger partial charge is 0.481 e. The first-order chi connectivity index (χ1) is 35.1. The van der Waals surface area contributed by atoms with E-state index in [0.29, 0.717) is 31.6 Å². The van der Waals surface area contributed by atoms with Crippen LogP contribution in [0.1, 0.15) is 97.8 Å². The molecular formula is C44H81N15O15S+2. The summed E-state index contributed by atoms with van der Waals surface area (Å²) in [6.07, 6.45) is -1.86. The summed E-state index contributed by atoms with van der Waals surface area (Å²) in [5, 5.41) is 48.7. The van der Waals surface area contributed by atoms with Crippen molar-refractivity contribution in [1.29, 1.82) is 0 Å². The van der Waals surface area contributed by atoms with E-state index < -0.39 is 169 Å². The molecule has 75 heavy (non-hydrogen) atoms. The molecule has 31 heteroatoms. The number of carbonyl (C=O) groups is 12. The van der Waals surface area contributed by atoms with Crippen LogP contribution < -0.4 is 76.9 Å². The Morgan fingerprint density at radius 1 is 0.653 bits per heavy atom. The molecule has 0 bridgehead atoms. The molecule has 1 heterocycles. The molecule has 1 aliphatic rings. The fourth-order valence-electron chi connectivity index (χ4n) is 7.62. The number of hydrogen-bond acceptors (Lipinski definition) is 17. The predicted octanol–water partition coefficient (Wildman–Crippen LogP) is -8.55. The highest BCUT2D eigenvalue weighted by Crippen LogP contribution is 2.20. The van der Waals surface area contributed by atoms with E-state index in [0.717, 1.165) is 0 Å². The molecule has 0 aromatic heterocycles. The summed E-state index contributed by atoms with van der Waals surface area (Å²) in [4.78, 5) is 159. The second-order valence-electron chi connectivity index (χ2n) is 18.5. The highest BCUT2D eigenvalue weighted by Gasteiger charge is 2.41. The molecule has 0 saturated carbocycles. The highest BCUT2D eigenvalue weighted by atomic mass is 32.2. The van der Waals surface area contributed by atoms with E-state index in [1.807, 2.05) is 0 Å². The van der Waals surface area contributed by atoms with Crippen LogP contribution in [0.5, 0.6) is 0 Å². The van der Waals surface area contributed by atoms with E-state index in [1.165, 1.54) is 23.6 Å². The van der Waals surface area contributed by atoms with E-state index >= 15 is 0 Å². The Labute approximate surface area is 438 Å². The summed E-state index contributed by atoms with van der Waals surface area (Å²) in [7, 11) is 0. The summed E-state index contributed by atoms with van der Waals surface area (Å²) < 4.78 is 0. The summed E-state index contributed by atoms with van der Waals surface area (Å²) in [6, 6.07) is -13.1. The lowest BCUT2D eigenvalue weighted by atomic mass is 10.0. The van der Waals surface area contributed by atoms with Gasteiger partial charge in [-0.1, -0.05) is 13.8 Å². The number of thioether (sulfide) groups is 1. The smallest absolute Gasteiger partial charge is 0.326 e.